The maximum atomic E-state index is 13.1. The van der Waals surface area contributed by atoms with Gasteiger partial charge >= 0.3 is 0 Å². The van der Waals surface area contributed by atoms with Crippen molar-refractivity contribution in [1.82, 2.24) is 0 Å². The molecule has 0 aliphatic rings. The van der Waals surface area contributed by atoms with Crippen LogP contribution in [0.15, 0.2) is 94.7 Å². The number of quaternary nitrogens is 2. The Morgan fingerprint density at radius 3 is 1.33 bits per heavy atom. The van der Waals surface area contributed by atoms with Crippen molar-refractivity contribution in [2.24, 2.45) is 0 Å². The van der Waals surface area contributed by atoms with E-state index < -0.39 is 20.3 Å². The molecule has 0 aliphatic carbocycles. The van der Waals surface area contributed by atoms with E-state index in [4.69, 9.17) is 33.6 Å². The first-order chi connectivity index (χ1) is 18.5. The summed E-state index contributed by atoms with van der Waals surface area (Å²) in [5.41, 5.74) is 2.70. The van der Waals surface area contributed by atoms with Gasteiger partial charge in [0, 0.05) is 58.8 Å². The normalized spacial score (nSPS) is 13.1. The molecule has 204 valence electrons. The van der Waals surface area contributed by atoms with Gasteiger partial charge in [0.2, 0.25) is 9.84 Å². The standard InChI is InChI=1S/C26H24Cl2N4O6S/c27-25-11-5-21(31(33)34)13-17(25)15-29-19-1-7-23(8-2-19)39(37,38)24-9-3-20(4-10-24)30-16-18-14-22(32(35)36)6-12-26(18)28/h1-14,29-33,35H,15-16H2. The van der Waals surface area contributed by atoms with Crippen LogP contribution in [0.4, 0.5) is 22.7 Å². The van der Waals surface area contributed by atoms with Gasteiger partial charge in [0.1, 0.15) is 0 Å². The van der Waals surface area contributed by atoms with Crippen LogP contribution >= 0.6 is 23.2 Å². The molecule has 39 heavy (non-hydrogen) atoms. The Morgan fingerprint density at radius 2 is 1.00 bits per heavy atom. The van der Waals surface area contributed by atoms with Crippen molar-refractivity contribution in [3.63, 3.8) is 0 Å². The minimum Gasteiger partial charge on any atom is -0.595 e. The Bertz CT molecular complexity index is 1440. The lowest BCUT2D eigenvalue weighted by Crippen LogP contribution is -2.99. The Balaban J connectivity index is 1.40. The van der Waals surface area contributed by atoms with Crippen LogP contribution in [0.2, 0.25) is 10.0 Å². The second-order valence-corrected chi connectivity index (χ2v) is 11.2. The first-order valence-electron chi connectivity index (χ1n) is 11.5. The number of hydrogen-bond acceptors (Lipinski definition) is 8. The third kappa shape index (κ3) is 7.05. The number of hydrogen-bond donors (Lipinski definition) is 6. The fourth-order valence-corrected chi connectivity index (χ4v) is 5.35. The minimum atomic E-state index is -3.78. The summed E-state index contributed by atoms with van der Waals surface area (Å²) in [6.45, 7) is 0.513. The van der Waals surface area contributed by atoms with E-state index in [-0.39, 0.29) is 34.3 Å². The zero-order valence-corrected chi connectivity index (χ0v) is 22.5. The highest BCUT2D eigenvalue weighted by atomic mass is 35.5. The maximum absolute atomic E-state index is 13.1. The number of halogens is 2. The monoisotopic (exact) mass is 590 g/mol. The predicted molar refractivity (Wildman–Crippen MR) is 147 cm³/mol. The van der Waals surface area contributed by atoms with Crippen molar-refractivity contribution in [3.8, 4) is 0 Å². The van der Waals surface area contributed by atoms with Gasteiger partial charge in [0.25, 0.3) is 0 Å². The SMILES string of the molecule is O=S(=O)(c1ccc(NCc2cc([NH+]([O-])O)ccc2Cl)cc1)c1ccc(NCc2cc([NH+]([O-])O)ccc2Cl)cc1. The molecule has 0 saturated carbocycles. The van der Waals surface area contributed by atoms with Gasteiger partial charge in [0.05, 0.1) is 9.79 Å². The summed E-state index contributed by atoms with van der Waals surface area (Å²) < 4.78 is 26.2. The average molecular weight is 591 g/mol. The van der Waals surface area contributed by atoms with Gasteiger partial charge in [-0.3, -0.25) is 0 Å². The number of sulfone groups is 1. The van der Waals surface area contributed by atoms with E-state index in [0.717, 1.165) is 0 Å². The van der Waals surface area contributed by atoms with Crippen LogP contribution in [-0.2, 0) is 22.9 Å². The van der Waals surface area contributed by atoms with E-state index in [2.05, 4.69) is 10.6 Å². The second kappa shape index (κ2) is 12.3. The summed E-state index contributed by atoms with van der Waals surface area (Å²) in [4.78, 5) is 0.217. The van der Waals surface area contributed by atoms with Crippen LogP contribution in [0.3, 0.4) is 0 Å². The van der Waals surface area contributed by atoms with E-state index in [1.54, 1.807) is 24.3 Å². The second-order valence-electron chi connectivity index (χ2n) is 8.48. The molecule has 0 heterocycles. The van der Waals surface area contributed by atoms with Crippen LogP contribution in [0.5, 0.6) is 0 Å². The molecule has 0 spiro atoms. The molecule has 4 aromatic carbocycles. The Morgan fingerprint density at radius 1 is 0.641 bits per heavy atom. The summed E-state index contributed by atoms with van der Waals surface area (Å²) in [6.07, 6.45) is 0. The van der Waals surface area contributed by atoms with Crippen molar-refractivity contribution in [2.45, 2.75) is 22.9 Å². The lowest BCUT2D eigenvalue weighted by Gasteiger charge is -2.14. The van der Waals surface area contributed by atoms with Gasteiger partial charge < -0.3 is 21.0 Å². The number of nitrogens with one attached hydrogen (secondary N) is 4. The molecule has 0 aromatic heterocycles. The highest BCUT2D eigenvalue weighted by Crippen LogP contribution is 2.26. The molecule has 6 N–H and O–H groups in total. The Hall–Kier alpha value is -3.23. The molecule has 0 bridgehead atoms. The van der Waals surface area contributed by atoms with E-state index >= 15 is 0 Å². The molecule has 4 rings (SSSR count). The summed E-state index contributed by atoms with van der Waals surface area (Å²) in [5, 5.41) is 45.7. The Kier molecular flexibility index (Phi) is 9.08. The van der Waals surface area contributed by atoms with Crippen molar-refractivity contribution in [2.75, 3.05) is 10.6 Å². The summed E-state index contributed by atoms with van der Waals surface area (Å²) in [7, 11) is -3.78. The molecule has 0 radical (unpaired) electrons. The van der Waals surface area contributed by atoms with Crippen molar-refractivity contribution >= 4 is 55.8 Å². The van der Waals surface area contributed by atoms with Gasteiger partial charge in [0.15, 0.2) is 11.4 Å². The van der Waals surface area contributed by atoms with Crippen LogP contribution in [0, 0.1) is 10.4 Å². The smallest absolute Gasteiger partial charge is 0.206 e. The van der Waals surface area contributed by atoms with Crippen LogP contribution in [0.25, 0.3) is 0 Å². The van der Waals surface area contributed by atoms with E-state index in [1.165, 1.54) is 60.7 Å². The van der Waals surface area contributed by atoms with E-state index in [9.17, 15) is 18.8 Å². The van der Waals surface area contributed by atoms with E-state index in [1.807, 2.05) is 0 Å². The molecule has 13 heteroatoms. The van der Waals surface area contributed by atoms with Crippen molar-refractivity contribution < 1.29 is 29.3 Å². The zero-order chi connectivity index (χ0) is 28.2. The highest BCUT2D eigenvalue weighted by molar-refractivity contribution is 7.91. The topological polar surface area (TPSA) is 154 Å². The van der Waals surface area contributed by atoms with Gasteiger partial charge in [-0.2, -0.15) is 10.5 Å². The fraction of sp³-hybridized carbons (Fsp3) is 0.0769. The quantitative estimate of drug-likeness (QED) is 0.152. The van der Waals surface area contributed by atoms with Crippen LogP contribution in [0.1, 0.15) is 11.1 Å². The number of benzene rings is 4. The first-order valence-corrected chi connectivity index (χ1v) is 13.7. The molecule has 0 fully saturated rings. The fourth-order valence-electron chi connectivity index (χ4n) is 3.72. The van der Waals surface area contributed by atoms with Crippen LogP contribution in [-0.4, -0.2) is 18.8 Å². The van der Waals surface area contributed by atoms with Crippen molar-refractivity contribution in [3.05, 3.63) is 117 Å². The van der Waals surface area contributed by atoms with Gasteiger partial charge in [-0.05, 0) is 71.8 Å². The molecule has 4 aromatic rings. The minimum absolute atomic E-state index is 0.108. The maximum Gasteiger partial charge on any atom is 0.206 e. The third-order valence-electron chi connectivity index (χ3n) is 5.88. The van der Waals surface area contributed by atoms with E-state index in [0.29, 0.717) is 32.5 Å². The highest BCUT2D eigenvalue weighted by Gasteiger charge is 2.18. The molecule has 0 saturated heterocycles. The van der Waals surface area contributed by atoms with Crippen LogP contribution < -0.4 is 21.1 Å². The van der Waals surface area contributed by atoms with Gasteiger partial charge in [-0.25, -0.2) is 18.8 Å². The Labute approximate surface area is 234 Å². The summed E-state index contributed by atoms with van der Waals surface area (Å²) in [5.74, 6) is 0. The molecule has 10 nitrogen and oxygen atoms in total. The van der Waals surface area contributed by atoms with Gasteiger partial charge in [-0.15, -0.1) is 0 Å². The molecule has 0 aliphatic heterocycles. The number of anilines is 2. The molecule has 2 unspecified atom stereocenters. The van der Waals surface area contributed by atoms with Gasteiger partial charge in [-0.1, -0.05) is 23.2 Å². The molecule has 2 atom stereocenters. The largest absolute Gasteiger partial charge is 0.595 e. The first kappa shape index (κ1) is 28.8. The lowest BCUT2D eigenvalue weighted by molar-refractivity contribution is -0.991. The predicted octanol–water partition coefficient (Wildman–Crippen LogP) is 3.86. The molecule has 0 amide bonds. The molecular weight excluding hydrogens is 567 g/mol. The lowest BCUT2D eigenvalue weighted by atomic mass is 10.2. The summed E-state index contributed by atoms with van der Waals surface area (Å²) >= 11 is 12.3. The third-order valence-corrected chi connectivity index (χ3v) is 8.40. The molecular formula is C26H24Cl2N4O6S. The van der Waals surface area contributed by atoms with Crippen molar-refractivity contribution in [1.29, 1.82) is 0 Å². The summed E-state index contributed by atoms with van der Waals surface area (Å²) in [6, 6.07) is 21.3. The number of rotatable bonds is 10. The average Bonchev–Trinajstić information content (AvgIpc) is 2.92. The zero-order valence-electron chi connectivity index (χ0n) is 20.2.